The summed E-state index contributed by atoms with van der Waals surface area (Å²) in [6.07, 6.45) is 0. The summed E-state index contributed by atoms with van der Waals surface area (Å²) >= 11 is -1.87. The molecule has 2 aromatic carbocycles. The SMILES string of the molecule is COc1ccc(NS(=O)Oc2cc(C)cc(C)c2)cc1C(=O)NC(C)c1nnc2cc(C(C)(C)C)[nH]n12. The van der Waals surface area contributed by atoms with Gasteiger partial charge in [-0.1, -0.05) is 26.8 Å². The predicted molar refractivity (Wildman–Crippen MR) is 143 cm³/mol. The molecule has 0 aliphatic rings. The second kappa shape index (κ2) is 10.3. The van der Waals surface area contributed by atoms with Crippen molar-refractivity contribution in [2.45, 2.75) is 53.0 Å². The number of H-pyrrole nitrogens is 1. The van der Waals surface area contributed by atoms with E-state index in [2.05, 4.69) is 46.1 Å². The summed E-state index contributed by atoms with van der Waals surface area (Å²) < 4.78 is 28.1. The van der Waals surface area contributed by atoms with Crippen molar-refractivity contribution in [1.29, 1.82) is 0 Å². The Hall–Kier alpha value is -3.86. The average Bonchev–Trinajstić information content (AvgIpc) is 3.39. The lowest BCUT2D eigenvalue weighted by atomic mass is 9.93. The number of anilines is 1. The number of benzene rings is 2. The van der Waals surface area contributed by atoms with Crippen molar-refractivity contribution in [3.05, 3.63) is 70.7 Å². The van der Waals surface area contributed by atoms with Crippen LogP contribution in [0, 0.1) is 13.8 Å². The van der Waals surface area contributed by atoms with Crippen LogP contribution in [0.1, 0.15) is 66.7 Å². The molecule has 0 radical (unpaired) electrons. The number of hydrogen-bond acceptors (Lipinski definition) is 6. The molecular formula is C26H32N6O4S. The molecule has 0 bridgehead atoms. The van der Waals surface area contributed by atoms with Crippen molar-refractivity contribution in [3.8, 4) is 11.5 Å². The van der Waals surface area contributed by atoms with Crippen molar-refractivity contribution in [2.24, 2.45) is 0 Å². The van der Waals surface area contributed by atoms with Gasteiger partial charge in [0.15, 0.2) is 11.5 Å². The van der Waals surface area contributed by atoms with Crippen LogP contribution in [-0.4, -0.2) is 37.0 Å². The minimum atomic E-state index is -1.87. The van der Waals surface area contributed by atoms with E-state index in [4.69, 9.17) is 8.92 Å². The molecule has 2 heterocycles. The molecule has 10 nitrogen and oxygen atoms in total. The van der Waals surface area contributed by atoms with E-state index in [0.29, 0.717) is 28.7 Å². The zero-order valence-electron chi connectivity index (χ0n) is 22.0. The molecule has 2 atom stereocenters. The van der Waals surface area contributed by atoms with Crippen molar-refractivity contribution in [3.63, 3.8) is 0 Å². The van der Waals surface area contributed by atoms with Gasteiger partial charge in [0.1, 0.15) is 11.5 Å². The summed E-state index contributed by atoms with van der Waals surface area (Å²) in [7, 11) is 1.49. The van der Waals surface area contributed by atoms with Gasteiger partial charge in [-0.3, -0.25) is 14.6 Å². The number of ether oxygens (including phenoxy) is 1. The molecule has 37 heavy (non-hydrogen) atoms. The molecule has 196 valence electrons. The predicted octanol–water partition coefficient (Wildman–Crippen LogP) is 4.54. The zero-order valence-corrected chi connectivity index (χ0v) is 22.8. The minimum absolute atomic E-state index is 0.0900. The fourth-order valence-electron chi connectivity index (χ4n) is 3.94. The first kappa shape index (κ1) is 26.2. The number of carbonyl (C=O) groups is 1. The van der Waals surface area contributed by atoms with Crippen molar-refractivity contribution < 1.29 is 17.9 Å². The third-order valence-corrected chi connectivity index (χ3v) is 6.52. The number of aryl methyl sites for hydroxylation is 2. The summed E-state index contributed by atoms with van der Waals surface area (Å²) in [5, 5.41) is 14.7. The van der Waals surface area contributed by atoms with Crippen molar-refractivity contribution >= 4 is 28.5 Å². The highest BCUT2D eigenvalue weighted by atomic mass is 32.2. The van der Waals surface area contributed by atoms with Crippen LogP contribution < -0.4 is 19.0 Å². The van der Waals surface area contributed by atoms with E-state index in [-0.39, 0.29) is 16.9 Å². The van der Waals surface area contributed by atoms with Gasteiger partial charge < -0.3 is 14.2 Å². The highest BCUT2D eigenvalue weighted by molar-refractivity contribution is 7.81. The smallest absolute Gasteiger partial charge is 0.316 e. The molecule has 3 N–H and O–H groups in total. The maximum Gasteiger partial charge on any atom is 0.316 e. The maximum atomic E-state index is 13.2. The zero-order chi connectivity index (χ0) is 26.9. The molecular weight excluding hydrogens is 492 g/mol. The molecule has 4 aromatic rings. The lowest BCUT2D eigenvalue weighted by Crippen LogP contribution is -2.28. The van der Waals surface area contributed by atoms with Gasteiger partial charge in [0.25, 0.3) is 5.91 Å². The van der Waals surface area contributed by atoms with Crippen molar-refractivity contribution in [1.82, 2.24) is 25.1 Å². The van der Waals surface area contributed by atoms with Gasteiger partial charge in [-0.2, -0.15) is 4.21 Å². The molecule has 0 spiro atoms. The number of fused-ring (bicyclic) bond motifs is 1. The second-order valence-corrected chi connectivity index (χ2v) is 10.9. The standard InChI is InChI=1S/C26H32N6O4S/c1-15-10-16(2)12-19(11-15)36-37(34)31-18-8-9-21(35-7)20(13-18)25(33)27-17(3)24-29-28-23-14-22(26(4,5)6)30-32(23)24/h8-14,17,30-31H,1-7H3,(H,27,33). The Labute approximate surface area is 218 Å². The number of aromatic nitrogens is 4. The molecule has 0 fully saturated rings. The lowest BCUT2D eigenvalue weighted by Gasteiger charge is -2.16. The molecule has 0 aliphatic carbocycles. The largest absolute Gasteiger partial charge is 0.496 e. The van der Waals surface area contributed by atoms with Crippen molar-refractivity contribution in [2.75, 3.05) is 11.8 Å². The van der Waals surface area contributed by atoms with E-state index >= 15 is 0 Å². The summed E-state index contributed by atoms with van der Waals surface area (Å²) in [6.45, 7) is 12.0. The van der Waals surface area contributed by atoms with Crippen LogP contribution in [0.25, 0.3) is 5.65 Å². The average molecular weight is 525 g/mol. The number of amides is 1. The Bertz CT molecular complexity index is 1450. The van der Waals surface area contributed by atoms with E-state index in [9.17, 15) is 9.00 Å². The molecule has 4 rings (SSSR count). The molecule has 11 heteroatoms. The molecule has 0 saturated heterocycles. The van der Waals surface area contributed by atoms with Crippen LogP contribution in [0.2, 0.25) is 0 Å². The molecule has 1 amide bonds. The number of carbonyl (C=O) groups excluding carboxylic acids is 1. The molecule has 2 aromatic heterocycles. The highest BCUT2D eigenvalue weighted by Gasteiger charge is 2.23. The van der Waals surface area contributed by atoms with E-state index in [1.807, 2.05) is 32.9 Å². The summed E-state index contributed by atoms with van der Waals surface area (Å²) in [6, 6.07) is 12.0. The molecule has 0 saturated carbocycles. The van der Waals surface area contributed by atoms with Gasteiger partial charge >= 0.3 is 11.3 Å². The van der Waals surface area contributed by atoms with Gasteiger partial charge in [0.05, 0.1) is 24.4 Å². The number of methoxy groups -OCH3 is 1. The first-order valence-electron chi connectivity index (χ1n) is 11.8. The van der Waals surface area contributed by atoms with Crippen LogP contribution in [-0.2, 0) is 16.7 Å². The third kappa shape index (κ3) is 5.93. The summed E-state index contributed by atoms with van der Waals surface area (Å²) in [5.74, 6) is 1.04. The topological polar surface area (TPSA) is 123 Å². The van der Waals surface area contributed by atoms with Gasteiger partial charge in [-0.15, -0.1) is 10.2 Å². The van der Waals surface area contributed by atoms with E-state index in [1.54, 1.807) is 34.8 Å². The third-order valence-electron chi connectivity index (χ3n) is 5.77. The van der Waals surface area contributed by atoms with Gasteiger partial charge in [-0.25, -0.2) is 4.52 Å². The Morgan fingerprint density at radius 2 is 1.78 bits per heavy atom. The van der Waals surface area contributed by atoms with Crippen LogP contribution in [0.4, 0.5) is 5.69 Å². The van der Waals surface area contributed by atoms with Gasteiger partial charge in [0, 0.05) is 17.2 Å². The van der Waals surface area contributed by atoms with Crippen LogP contribution >= 0.6 is 0 Å². The van der Waals surface area contributed by atoms with E-state index in [1.165, 1.54) is 7.11 Å². The molecule has 0 aliphatic heterocycles. The van der Waals surface area contributed by atoms with E-state index in [0.717, 1.165) is 16.8 Å². The normalized spacial score (nSPS) is 13.3. The van der Waals surface area contributed by atoms with Crippen LogP contribution in [0.3, 0.4) is 0 Å². The lowest BCUT2D eigenvalue weighted by molar-refractivity contribution is 0.0935. The first-order chi connectivity index (χ1) is 17.4. The Morgan fingerprint density at radius 3 is 2.43 bits per heavy atom. The number of rotatable bonds is 8. The Balaban J connectivity index is 1.50. The fraction of sp³-hybridized carbons (Fsp3) is 0.346. The summed E-state index contributed by atoms with van der Waals surface area (Å²) in [5.41, 5.74) is 4.31. The minimum Gasteiger partial charge on any atom is -0.496 e. The van der Waals surface area contributed by atoms with E-state index < -0.39 is 17.3 Å². The maximum absolute atomic E-state index is 13.2. The van der Waals surface area contributed by atoms with Gasteiger partial charge in [0.2, 0.25) is 0 Å². The second-order valence-electron chi connectivity index (χ2n) is 10.0. The fourth-order valence-corrected chi connectivity index (χ4v) is 4.57. The van der Waals surface area contributed by atoms with Gasteiger partial charge in [-0.05, 0) is 62.2 Å². The number of nitrogens with zero attached hydrogens (tertiary/aromatic N) is 3. The number of hydrogen-bond donors (Lipinski definition) is 3. The highest BCUT2D eigenvalue weighted by Crippen LogP contribution is 2.26. The Morgan fingerprint density at radius 1 is 1.08 bits per heavy atom. The molecule has 2 unspecified atom stereocenters. The monoisotopic (exact) mass is 524 g/mol. The Kier molecular flexibility index (Phi) is 7.26. The quantitative estimate of drug-likeness (QED) is 0.311. The van der Waals surface area contributed by atoms with Crippen LogP contribution in [0.5, 0.6) is 11.5 Å². The first-order valence-corrected chi connectivity index (χ1v) is 12.9. The number of nitrogens with one attached hydrogen (secondary N) is 3. The summed E-state index contributed by atoms with van der Waals surface area (Å²) in [4.78, 5) is 13.2. The number of aromatic amines is 1. The van der Waals surface area contributed by atoms with Crippen LogP contribution in [0.15, 0.2) is 42.5 Å².